The van der Waals surface area contributed by atoms with Gasteiger partial charge in [-0.1, -0.05) is 38.5 Å². The molecule has 0 unspecified atom stereocenters. The number of amides is 2. The van der Waals surface area contributed by atoms with Crippen LogP contribution in [0.15, 0.2) is 24.3 Å². The Kier molecular flexibility index (Phi) is 7.72. The van der Waals surface area contributed by atoms with Gasteiger partial charge in [0.15, 0.2) is 0 Å². The molecule has 2 rings (SSSR count). The Labute approximate surface area is 158 Å². The van der Waals surface area contributed by atoms with Crippen molar-refractivity contribution in [3.05, 3.63) is 34.8 Å². The average Bonchev–Trinajstić information content (AvgIpc) is 3.08. The molecular weight excluding hydrogens is 348 g/mol. The van der Waals surface area contributed by atoms with Crippen LogP contribution in [0.4, 0.5) is 10.8 Å². The minimum absolute atomic E-state index is 0.0114. The lowest BCUT2D eigenvalue weighted by atomic mass is 10.0. The van der Waals surface area contributed by atoms with E-state index in [1.807, 2.05) is 13.8 Å². The van der Waals surface area contributed by atoms with Crippen LogP contribution in [0, 0.1) is 5.92 Å². The zero-order valence-corrected chi connectivity index (χ0v) is 16.4. The fraction of sp³-hybridized carbons (Fsp3) is 0.474. The maximum absolute atomic E-state index is 12.3. The molecule has 1 aromatic heterocycles. The zero-order chi connectivity index (χ0) is 18.9. The molecular formula is C19H26N4O2S. The van der Waals surface area contributed by atoms with Crippen molar-refractivity contribution in [2.45, 2.75) is 52.9 Å². The van der Waals surface area contributed by atoms with Crippen LogP contribution in [0.5, 0.6) is 0 Å². The highest BCUT2D eigenvalue weighted by molar-refractivity contribution is 7.15. The summed E-state index contributed by atoms with van der Waals surface area (Å²) in [4.78, 5) is 24.4. The Balaban J connectivity index is 1.93. The van der Waals surface area contributed by atoms with Crippen LogP contribution >= 0.6 is 11.3 Å². The Morgan fingerprint density at radius 2 is 1.73 bits per heavy atom. The summed E-state index contributed by atoms with van der Waals surface area (Å²) < 4.78 is 0. The molecule has 0 fully saturated rings. The van der Waals surface area contributed by atoms with Crippen LogP contribution in [0.3, 0.4) is 0 Å². The van der Waals surface area contributed by atoms with E-state index in [-0.39, 0.29) is 17.7 Å². The van der Waals surface area contributed by atoms with Crippen molar-refractivity contribution in [1.82, 2.24) is 10.2 Å². The number of nitrogens with zero attached hydrogens (tertiary/aromatic N) is 2. The predicted octanol–water partition coefficient (Wildman–Crippen LogP) is 4.51. The first-order valence-corrected chi connectivity index (χ1v) is 9.93. The number of aryl methyl sites for hydroxylation is 1. The number of hydrogen-bond acceptors (Lipinski definition) is 5. The van der Waals surface area contributed by atoms with Crippen LogP contribution in [0.25, 0.3) is 0 Å². The second-order valence-corrected chi connectivity index (χ2v) is 7.20. The van der Waals surface area contributed by atoms with Crippen molar-refractivity contribution in [3.8, 4) is 0 Å². The van der Waals surface area contributed by atoms with Gasteiger partial charge in [0, 0.05) is 23.6 Å². The van der Waals surface area contributed by atoms with E-state index in [0.29, 0.717) is 16.4 Å². The summed E-state index contributed by atoms with van der Waals surface area (Å²) in [6.07, 6.45) is 4.67. The fourth-order valence-electron chi connectivity index (χ4n) is 2.51. The van der Waals surface area contributed by atoms with Gasteiger partial charge in [-0.2, -0.15) is 0 Å². The first-order chi connectivity index (χ1) is 12.6. The molecule has 6 nitrogen and oxygen atoms in total. The lowest BCUT2D eigenvalue weighted by molar-refractivity contribution is -0.120. The molecule has 7 heteroatoms. The molecule has 2 N–H and O–H groups in total. The second-order valence-electron chi connectivity index (χ2n) is 6.14. The number of unbranched alkanes of at least 4 members (excludes halogenated alkanes) is 1. The summed E-state index contributed by atoms with van der Waals surface area (Å²) in [5.41, 5.74) is 1.20. The van der Waals surface area contributed by atoms with Crippen molar-refractivity contribution < 1.29 is 9.59 Å². The summed E-state index contributed by atoms with van der Waals surface area (Å²) in [5.74, 6) is -0.209. The van der Waals surface area contributed by atoms with Crippen LogP contribution in [0.2, 0.25) is 0 Å². The van der Waals surface area contributed by atoms with Gasteiger partial charge in [0.25, 0.3) is 5.91 Å². The Hall–Kier alpha value is -2.28. The number of benzene rings is 1. The zero-order valence-electron chi connectivity index (χ0n) is 15.5. The molecule has 26 heavy (non-hydrogen) atoms. The van der Waals surface area contributed by atoms with Gasteiger partial charge in [-0.05, 0) is 43.5 Å². The van der Waals surface area contributed by atoms with E-state index in [1.54, 1.807) is 24.3 Å². The van der Waals surface area contributed by atoms with E-state index in [4.69, 9.17) is 0 Å². The number of rotatable bonds is 9. The van der Waals surface area contributed by atoms with Crippen LogP contribution in [0.1, 0.15) is 61.8 Å². The minimum Gasteiger partial charge on any atom is -0.326 e. The normalized spacial score (nSPS) is 10.8. The van der Waals surface area contributed by atoms with Crippen molar-refractivity contribution in [2.24, 2.45) is 5.92 Å². The molecule has 0 radical (unpaired) electrons. The molecule has 0 saturated carbocycles. The van der Waals surface area contributed by atoms with Gasteiger partial charge >= 0.3 is 0 Å². The summed E-state index contributed by atoms with van der Waals surface area (Å²) in [6, 6.07) is 6.86. The Bertz CT molecular complexity index is 723. The first kappa shape index (κ1) is 20.0. The van der Waals surface area contributed by atoms with E-state index in [9.17, 15) is 9.59 Å². The lowest BCUT2D eigenvalue weighted by Gasteiger charge is -2.12. The summed E-state index contributed by atoms with van der Waals surface area (Å²) >= 11 is 1.40. The third-order valence-corrected chi connectivity index (χ3v) is 5.10. The van der Waals surface area contributed by atoms with Gasteiger partial charge in [-0.3, -0.25) is 14.9 Å². The van der Waals surface area contributed by atoms with E-state index in [0.717, 1.165) is 37.1 Å². The fourth-order valence-corrected chi connectivity index (χ4v) is 3.29. The van der Waals surface area contributed by atoms with Gasteiger partial charge in [0.05, 0.1) is 0 Å². The van der Waals surface area contributed by atoms with Gasteiger partial charge < -0.3 is 5.32 Å². The van der Waals surface area contributed by atoms with Crippen LogP contribution < -0.4 is 10.6 Å². The molecule has 2 aromatic rings. The maximum atomic E-state index is 12.3. The van der Waals surface area contributed by atoms with Crippen molar-refractivity contribution >= 4 is 34.0 Å². The molecule has 0 aliphatic heterocycles. The Morgan fingerprint density at radius 3 is 2.35 bits per heavy atom. The topological polar surface area (TPSA) is 84.0 Å². The monoisotopic (exact) mass is 374 g/mol. The molecule has 0 aliphatic rings. The SMILES string of the molecule is CCCCc1nnc(NC(=O)c2ccc(NC(=O)C(CC)CC)cc2)s1. The minimum atomic E-state index is -0.235. The quantitative estimate of drug-likeness (QED) is 0.676. The molecule has 140 valence electrons. The van der Waals surface area contributed by atoms with E-state index in [2.05, 4.69) is 27.8 Å². The van der Waals surface area contributed by atoms with Gasteiger partial charge in [-0.25, -0.2) is 0 Å². The highest BCUT2D eigenvalue weighted by Crippen LogP contribution is 2.19. The molecule has 0 aliphatic carbocycles. The van der Waals surface area contributed by atoms with Crippen molar-refractivity contribution in [1.29, 1.82) is 0 Å². The number of hydrogen-bond donors (Lipinski definition) is 2. The number of carbonyl (C=O) groups excluding carboxylic acids is 2. The molecule has 0 bridgehead atoms. The lowest BCUT2D eigenvalue weighted by Crippen LogP contribution is -2.21. The summed E-state index contributed by atoms with van der Waals surface area (Å²) in [6.45, 7) is 6.13. The maximum Gasteiger partial charge on any atom is 0.257 e. The van der Waals surface area contributed by atoms with Crippen molar-refractivity contribution in [2.75, 3.05) is 10.6 Å². The van der Waals surface area contributed by atoms with Gasteiger partial charge in [0.1, 0.15) is 5.01 Å². The summed E-state index contributed by atoms with van der Waals surface area (Å²) in [7, 11) is 0. The first-order valence-electron chi connectivity index (χ1n) is 9.12. The van der Waals surface area contributed by atoms with E-state index < -0.39 is 0 Å². The van der Waals surface area contributed by atoms with Gasteiger partial charge in [0.2, 0.25) is 11.0 Å². The standard InChI is InChI=1S/C19H26N4O2S/c1-4-7-8-16-22-23-19(26-16)21-18(25)14-9-11-15(12-10-14)20-17(24)13(5-2)6-3/h9-13H,4-8H2,1-3H3,(H,20,24)(H,21,23,25). The summed E-state index contributed by atoms with van der Waals surface area (Å²) in [5, 5.41) is 15.2. The van der Waals surface area contributed by atoms with E-state index in [1.165, 1.54) is 11.3 Å². The third-order valence-electron chi connectivity index (χ3n) is 4.20. The number of aromatic nitrogens is 2. The average molecular weight is 375 g/mol. The van der Waals surface area contributed by atoms with E-state index >= 15 is 0 Å². The van der Waals surface area contributed by atoms with Crippen LogP contribution in [-0.4, -0.2) is 22.0 Å². The molecule has 0 atom stereocenters. The Morgan fingerprint density at radius 1 is 1.04 bits per heavy atom. The van der Waals surface area contributed by atoms with Crippen LogP contribution in [-0.2, 0) is 11.2 Å². The molecule has 0 saturated heterocycles. The number of nitrogens with one attached hydrogen (secondary N) is 2. The third kappa shape index (κ3) is 5.62. The highest BCUT2D eigenvalue weighted by atomic mass is 32.1. The second kappa shape index (κ2) is 10.0. The molecule has 1 aromatic carbocycles. The number of carbonyl (C=O) groups is 2. The predicted molar refractivity (Wildman–Crippen MR) is 106 cm³/mol. The molecule has 0 spiro atoms. The highest BCUT2D eigenvalue weighted by Gasteiger charge is 2.15. The van der Waals surface area contributed by atoms with Gasteiger partial charge in [-0.15, -0.1) is 10.2 Å². The molecule has 1 heterocycles. The number of anilines is 2. The smallest absolute Gasteiger partial charge is 0.257 e. The largest absolute Gasteiger partial charge is 0.326 e. The van der Waals surface area contributed by atoms with Crippen molar-refractivity contribution in [3.63, 3.8) is 0 Å². The molecule has 2 amide bonds.